The maximum Gasteiger partial charge on any atom is 0.277 e. The van der Waals surface area contributed by atoms with Crippen LogP contribution in [-0.4, -0.2) is 43.9 Å². The zero-order valence-electron chi connectivity index (χ0n) is 16.9. The van der Waals surface area contributed by atoms with Gasteiger partial charge in [-0.2, -0.15) is 0 Å². The molecular formula is C22H30N3O2+. The lowest BCUT2D eigenvalue weighted by molar-refractivity contribution is -0.885. The number of nitrogens with one attached hydrogen (secondary N) is 2. The van der Waals surface area contributed by atoms with Gasteiger partial charge in [-0.3, -0.25) is 9.59 Å². The predicted molar refractivity (Wildman–Crippen MR) is 109 cm³/mol. The van der Waals surface area contributed by atoms with Gasteiger partial charge in [0.05, 0.1) is 13.6 Å². The van der Waals surface area contributed by atoms with E-state index in [1.54, 1.807) is 7.05 Å². The molecule has 0 radical (unpaired) electrons. The van der Waals surface area contributed by atoms with Gasteiger partial charge < -0.3 is 15.1 Å². The molecule has 2 rings (SSSR count). The Labute approximate surface area is 162 Å². The summed E-state index contributed by atoms with van der Waals surface area (Å²) in [4.78, 5) is 27.4. The first-order chi connectivity index (χ1) is 12.8. The summed E-state index contributed by atoms with van der Waals surface area (Å²) in [6.07, 6.45) is 0. The Bertz CT molecular complexity index is 797. The Hall–Kier alpha value is -2.66. The summed E-state index contributed by atoms with van der Waals surface area (Å²) in [7, 11) is 3.67. The molecule has 1 atom stereocenters. The van der Waals surface area contributed by atoms with Gasteiger partial charge >= 0.3 is 0 Å². The summed E-state index contributed by atoms with van der Waals surface area (Å²) >= 11 is 0. The third-order valence-corrected chi connectivity index (χ3v) is 4.76. The molecule has 2 amide bonds. The maximum atomic E-state index is 12.5. The van der Waals surface area contributed by atoms with Crippen LogP contribution in [0.5, 0.6) is 0 Å². The minimum atomic E-state index is -0.181. The first-order valence-corrected chi connectivity index (χ1v) is 9.23. The van der Waals surface area contributed by atoms with Crippen LogP contribution < -0.4 is 10.2 Å². The van der Waals surface area contributed by atoms with E-state index in [4.69, 9.17) is 0 Å². The van der Waals surface area contributed by atoms with Crippen molar-refractivity contribution in [2.75, 3.05) is 32.5 Å². The SMILES string of the molecule is Cc1ccccc1C[NH+](C)CC(=O)N(C)CC(=O)Nc1c(C)cccc1C. The molecule has 2 aromatic carbocycles. The van der Waals surface area contributed by atoms with E-state index in [2.05, 4.69) is 24.4 Å². The maximum absolute atomic E-state index is 12.5. The molecule has 0 aliphatic rings. The van der Waals surface area contributed by atoms with Crippen LogP contribution in [0.2, 0.25) is 0 Å². The van der Waals surface area contributed by atoms with E-state index < -0.39 is 0 Å². The van der Waals surface area contributed by atoms with Crippen molar-refractivity contribution in [2.24, 2.45) is 0 Å². The smallest absolute Gasteiger partial charge is 0.277 e. The number of hydrogen-bond acceptors (Lipinski definition) is 2. The average Bonchev–Trinajstić information content (AvgIpc) is 2.60. The highest BCUT2D eigenvalue weighted by Crippen LogP contribution is 2.19. The molecule has 0 heterocycles. The number of para-hydroxylation sites is 1. The predicted octanol–water partition coefficient (Wildman–Crippen LogP) is 1.72. The van der Waals surface area contributed by atoms with Gasteiger partial charge in [-0.05, 0) is 37.5 Å². The molecule has 0 bridgehead atoms. The molecule has 5 heteroatoms. The zero-order valence-corrected chi connectivity index (χ0v) is 16.9. The van der Waals surface area contributed by atoms with Gasteiger partial charge in [-0.15, -0.1) is 0 Å². The molecule has 0 aromatic heterocycles. The number of likely N-dealkylation sites (N-methyl/N-ethyl adjacent to an activating group) is 2. The average molecular weight is 369 g/mol. The Balaban J connectivity index is 1.87. The van der Waals surface area contributed by atoms with Crippen molar-refractivity contribution >= 4 is 17.5 Å². The summed E-state index contributed by atoms with van der Waals surface area (Å²) in [6.45, 7) is 7.17. The fourth-order valence-corrected chi connectivity index (χ4v) is 3.08. The second-order valence-electron chi connectivity index (χ2n) is 7.30. The largest absolute Gasteiger partial charge is 0.332 e. The lowest BCUT2D eigenvalue weighted by atomic mass is 10.1. The van der Waals surface area contributed by atoms with Gasteiger partial charge in [-0.25, -0.2) is 0 Å². The summed E-state index contributed by atoms with van der Waals surface area (Å²) in [6, 6.07) is 14.1. The number of quaternary nitrogens is 1. The molecule has 144 valence electrons. The third-order valence-electron chi connectivity index (χ3n) is 4.76. The molecule has 0 saturated heterocycles. The topological polar surface area (TPSA) is 53.9 Å². The fraction of sp³-hybridized carbons (Fsp3) is 0.364. The van der Waals surface area contributed by atoms with E-state index >= 15 is 0 Å². The Morgan fingerprint density at radius 2 is 1.56 bits per heavy atom. The summed E-state index contributed by atoms with van der Waals surface area (Å²) in [5.74, 6) is -0.224. The van der Waals surface area contributed by atoms with Crippen molar-refractivity contribution in [3.05, 3.63) is 64.7 Å². The van der Waals surface area contributed by atoms with Crippen LogP contribution in [0.1, 0.15) is 22.3 Å². The van der Waals surface area contributed by atoms with Gasteiger partial charge in [0, 0.05) is 18.3 Å². The Morgan fingerprint density at radius 3 is 2.19 bits per heavy atom. The Morgan fingerprint density at radius 1 is 0.963 bits per heavy atom. The highest BCUT2D eigenvalue weighted by molar-refractivity contribution is 5.95. The van der Waals surface area contributed by atoms with E-state index in [1.165, 1.54) is 16.0 Å². The van der Waals surface area contributed by atoms with Crippen molar-refractivity contribution in [1.82, 2.24) is 4.90 Å². The van der Waals surface area contributed by atoms with Crippen LogP contribution in [0.15, 0.2) is 42.5 Å². The van der Waals surface area contributed by atoms with Crippen LogP contribution in [0.4, 0.5) is 5.69 Å². The summed E-state index contributed by atoms with van der Waals surface area (Å²) < 4.78 is 0. The molecule has 2 aromatic rings. The van der Waals surface area contributed by atoms with E-state index in [-0.39, 0.29) is 18.4 Å². The van der Waals surface area contributed by atoms with Crippen molar-refractivity contribution < 1.29 is 14.5 Å². The monoisotopic (exact) mass is 368 g/mol. The van der Waals surface area contributed by atoms with Crippen molar-refractivity contribution in [3.63, 3.8) is 0 Å². The van der Waals surface area contributed by atoms with E-state index in [1.807, 2.05) is 51.2 Å². The minimum absolute atomic E-state index is 0.0438. The van der Waals surface area contributed by atoms with Gasteiger partial charge in [0.15, 0.2) is 6.54 Å². The normalized spacial score (nSPS) is 11.7. The molecule has 0 aliphatic carbocycles. The van der Waals surface area contributed by atoms with E-state index in [0.29, 0.717) is 6.54 Å². The Kier molecular flexibility index (Phi) is 7.13. The lowest BCUT2D eigenvalue weighted by Crippen LogP contribution is -3.08. The third kappa shape index (κ3) is 5.93. The van der Waals surface area contributed by atoms with Crippen molar-refractivity contribution in [3.8, 4) is 0 Å². The number of carbonyl (C=O) groups excluding carboxylic acids is 2. The standard InChI is InChI=1S/C22H29N3O2/c1-16-9-6-7-12-19(16)13-24(4)15-21(27)25(5)14-20(26)23-22-17(2)10-8-11-18(22)3/h6-12H,13-15H2,1-5H3,(H,23,26)/p+1. The molecular weight excluding hydrogens is 338 g/mol. The number of anilines is 1. The second-order valence-corrected chi connectivity index (χ2v) is 7.30. The molecule has 0 fully saturated rings. The molecule has 0 spiro atoms. The van der Waals surface area contributed by atoms with E-state index in [0.717, 1.165) is 28.3 Å². The van der Waals surface area contributed by atoms with E-state index in [9.17, 15) is 9.59 Å². The first-order valence-electron chi connectivity index (χ1n) is 9.23. The van der Waals surface area contributed by atoms with Crippen molar-refractivity contribution in [2.45, 2.75) is 27.3 Å². The van der Waals surface area contributed by atoms with Crippen molar-refractivity contribution in [1.29, 1.82) is 0 Å². The van der Waals surface area contributed by atoms with Gasteiger partial charge in [0.1, 0.15) is 6.54 Å². The van der Waals surface area contributed by atoms with Gasteiger partial charge in [0.2, 0.25) is 5.91 Å². The van der Waals surface area contributed by atoms with Crippen LogP contribution in [0.25, 0.3) is 0 Å². The molecule has 0 saturated carbocycles. The number of hydrogen-bond donors (Lipinski definition) is 2. The zero-order chi connectivity index (χ0) is 20.0. The minimum Gasteiger partial charge on any atom is -0.332 e. The molecule has 2 N–H and O–H groups in total. The number of aryl methyl sites for hydroxylation is 3. The number of nitrogens with zero attached hydrogens (tertiary/aromatic N) is 1. The quantitative estimate of drug-likeness (QED) is 0.782. The van der Waals surface area contributed by atoms with Crippen LogP contribution in [-0.2, 0) is 16.1 Å². The van der Waals surface area contributed by atoms with Gasteiger partial charge in [-0.1, -0.05) is 42.5 Å². The molecule has 1 unspecified atom stereocenters. The number of benzene rings is 2. The second kappa shape index (κ2) is 9.33. The van der Waals surface area contributed by atoms with Gasteiger partial charge in [0.25, 0.3) is 5.91 Å². The van der Waals surface area contributed by atoms with Crippen LogP contribution in [0, 0.1) is 20.8 Å². The first kappa shape index (κ1) is 20.6. The molecule has 5 nitrogen and oxygen atoms in total. The fourth-order valence-electron chi connectivity index (χ4n) is 3.08. The number of rotatable bonds is 7. The lowest BCUT2D eigenvalue weighted by Gasteiger charge is -2.21. The number of carbonyl (C=O) groups is 2. The molecule has 27 heavy (non-hydrogen) atoms. The number of amides is 2. The highest BCUT2D eigenvalue weighted by Gasteiger charge is 2.18. The van der Waals surface area contributed by atoms with Crippen LogP contribution >= 0.6 is 0 Å². The van der Waals surface area contributed by atoms with Crippen LogP contribution in [0.3, 0.4) is 0 Å². The summed E-state index contributed by atoms with van der Waals surface area (Å²) in [5, 5.41) is 2.93. The summed E-state index contributed by atoms with van der Waals surface area (Å²) in [5.41, 5.74) is 5.31. The highest BCUT2D eigenvalue weighted by atomic mass is 16.2. The molecule has 0 aliphatic heterocycles.